The van der Waals surface area contributed by atoms with Crippen molar-refractivity contribution in [3.63, 3.8) is 0 Å². The van der Waals surface area contributed by atoms with Gasteiger partial charge in [-0.25, -0.2) is 0 Å². The number of hydrogen-bond acceptors (Lipinski definition) is 2. The van der Waals surface area contributed by atoms with E-state index in [4.69, 9.17) is 0 Å². The topological polar surface area (TPSA) is 12.0 Å². The zero-order chi connectivity index (χ0) is 11.7. The number of halogens is 1. The van der Waals surface area contributed by atoms with Crippen molar-refractivity contribution in [2.24, 2.45) is 0 Å². The summed E-state index contributed by atoms with van der Waals surface area (Å²) in [5.41, 5.74) is 4.43. The van der Waals surface area contributed by atoms with E-state index in [2.05, 4.69) is 57.0 Å². The van der Waals surface area contributed by atoms with Crippen LogP contribution in [0.15, 0.2) is 39.5 Å². The minimum Gasteiger partial charge on any atom is -0.312 e. The van der Waals surface area contributed by atoms with Crippen molar-refractivity contribution in [2.45, 2.75) is 18.9 Å². The number of thiophene rings is 1. The van der Waals surface area contributed by atoms with Crippen molar-refractivity contribution in [3.05, 3.63) is 56.2 Å². The maximum Gasteiger partial charge on any atom is 0.0701 e. The number of benzene rings is 1. The average Bonchev–Trinajstić information content (AvgIpc) is 2.71. The van der Waals surface area contributed by atoms with E-state index >= 15 is 0 Å². The van der Waals surface area contributed by atoms with Crippen LogP contribution in [0.3, 0.4) is 0 Å². The van der Waals surface area contributed by atoms with Gasteiger partial charge >= 0.3 is 0 Å². The maximum atomic E-state index is 3.54. The van der Waals surface area contributed by atoms with E-state index in [0.717, 1.165) is 13.1 Å². The maximum absolute atomic E-state index is 3.54. The molecule has 3 rings (SSSR count). The van der Waals surface area contributed by atoms with Gasteiger partial charge in [0.1, 0.15) is 0 Å². The molecule has 0 fully saturated rings. The van der Waals surface area contributed by atoms with Crippen LogP contribution in [-0.2, 0) is 13.0 Å². The summed E-state index contributed by atoms with van der Waals surface area (Å²) in [5.74, 6) is 0.716. The van der Waals surface area contributed by atoms with Crippen molar-refractivity contribution >= 4 is 27.3 Å². The largest absolute Gasteiger partial charge is 0.312 e. The Labute approximate surface area is 114 Å². The summed E-state index contributed by atoms with van der Waals surface area (Å²) in [7, 11) is 0. The van der Waals surface area contributed by atoms with Crippen LogP contribution in [0.4, 0.5) is 0 Å². The molecule has 1 unspecified atom stereocenters. The molecular formula is C14H14BrNS. The first-order valence-corrected chi connectivity index (χ1v) is 7.51. The molecule has 88 valence electrons. The summed E-state index contributed by atoms with van der Waals surface area (Å²) >= 11 is 5.24. The summed E-state index contributed by atoms with van der Waals surface area (Å²) in [6, 6.07) is 11.0. The zero-order valence-electron chi connectivity index (χ0n) is 9.45. The average molecular weight is 308 g/mol. The van der Waals surface area contributed by atoms with Gasteiger partial charge in [0.25, 0.3) is 0 Å². The second-order valence-corrected chi connectivity index (χ2v) is 6.78. The Hall–Kier alpha value is -0.640. The second kappa shape index (κ2) is 4.92. The predicted molar refractivity (Wildman–Crippen MR) is 76.6 cm³/mol. The Morgan fingerprint density at radius 3 is 3.00 bits per heavy atom. The first-order valence-electron chi connectivity index (χ1n) is 5.84. The highest BCUT2D eigenvalue weighted by Crippen LogP contribution is 2.34. The third kappa shape index (κ3) is 2.46. The van der Waals surface area contributed by atoms with Gasteiger partial charge in [0.2, 0.25) is 0 Å². The van der Waals surface area contributed by atoms with Crippen LogP contribution in [0.1, 0.15) is 22.6 Å². The van der Waals surface area contributed by atoms with Crippen molar-refractivity contribution in [2.75, 3.05) is 6.54 Å². The molecule has 0 bridgehead atoms. The van der Waals surface area contributed by atoms with Gasteiger partial charge in [-0.15, -0.1) is 11.3 Å². The van der Waals surface area contributed by atoms with Crippen molar-refractivity contribution in [3.8, 4) is 0 Å². The first-order chi connectivity index (χ1) is 8.33. The molecule has 1 heterocycles. The molecule has 1 aliphatic carbocycles. The van der Waals surface area contributed by atoms with Crippen LogP contribution in [0.2, 0.25) is 0 Å². The van der Waals surface area contributed by atoms with E-state index in [9.17, 15) is 0 Å². The first kappa shape index (κ1) is 11.5. The van der Waals surface area contributed by atoms with Gasteiger partial charge in [-0.1, -0.05) is 24.3 Å². The summed E-state index contributed by atoms with van der Waals surface area (Å²) in [4.78, 5) is 0. The quantitative estimate of drug-likeness (QED) is 0.902. The Bertz CT molecular complexity index is 520. The fourth-order valence-corrected chi connectivity index (χ4v) is 3.58. The zero-order valence-corrected chi connectivity index (χ0v) is 11.9. The molecule has 0 saturated heterocycles. The molecule has 0 spiro atoms. The van der Waals surface area contributed by atoms with Crippen LogP contribution in [-0.4, -0.2) is 6.54 Å². The third-order valence-electron chi connectivity index (χ3n) is 3.30. The standard InChI is InChI=1S/C14H14BrNS/c15-14-5-10(9-17-14)7-16-8-12-6-11-3-1-2-4-13(11)12/h1-5,9,12,16H,6-8H2. The van der Waals surface area contributed by atoms with Crippen LogP contribution < -0.4 is 5.32 Å². The Kier molecular flexibility index (Phi) is 3.32. The second-order valence-electron chi connectivity index (χ2n) is 4.49. The molecule has 0 radical (unpaired) electrons. The molecule has 3 heteroatoms. The van der Waals surface area contributed by atoms with E-state index in [1.807, 2.05) is 0 Å². The van der Waals surface area contributed by atoms with Gasteiger partial charge in [0.05, 0.1) is 3.79 Å². The van der Waals surface area contributed by atoms with E-state index in [-0.39, 0.29) is 0 Å². The number of fused-ring (bicyclic) bond motifs is 1. The fraction of sp³-hybridized carbons (Fsp3) is 0.286. The molecule has 1 nitrogen and oxygen atoms in total. The van der Waals surface area contributed by atoms with Crippen molar-refractivity contribution < 1.29 is 0 Å². The van der Waals surface area contributed by atoms with Gasteiger partial charge in [0, 0.05) is 19.0 Å². The van der Waals surface area contributed by atoms with Crippen LogP contribution in [0.5, 0.6) is 0 Å². The van der Waals surface area contributed by atoms with Gasteiger partial charge in [0.15, 0.2) is 0 Å². The van der Waals surface area contributed by atoms with Gasteiger partial charge in [-0.3, -0.25) is 0 Å². The number of hydrogen-bond donors (Lipinski definition) is 1. The SMILES string of the molecule is Brc1cc(CNCC2Cc3ccccc32)cs1. The molecule has 1 aliphatic rings. The predicted octanol–water partition coefficient (Wildman–Crippen LogP) is 3.94. The van der Waals surface area contributed by atoms with Gasteiger partial charge in [-0.05, 0) is 50.5 Å². The van der Waals surface area contributed by atoms with Crippen molar-refractivity contribution in [1.82, 2.24) is 5.32 Å². The van der Waals surface area contributed by atoms with Crippen LogP contribution in [0, 0.1) is 0 Å². The molecule has 0 aliphatic heterocycles. The molecule has 17 heavy (non-hydrogen) atoms. The summed E-state index contributed by atoms with van der Waals surface area (Å²) < 4.78 is 1.21. The van der Waals surface area contributed by atoms with E-state index in [1.165, 1.54) is 26.9 Å². The lowest BCUT2D eigenvalue weighted by Crippen LogP contribution is -2.28. The minimum absolute atomic E-state index is 0.716. The van der Waals surface area contributed by atoms with E-state index in [0.29, 0.717) is 5.92 Å². The lowest BCUT2D eigenvalue weighted by Gasteiger charge is -2.30. The van der Waals surface area contributed by atoms with Crippen LogP contribution in [0.25, 0.3) is 0 Å². The Morgan fingerprint density at radius 2 is 2.24 bits per heavy atom. The smallest absolute Gasteiger partial charge is 0.0701 e. The highest BCUT2D eigenvalue weighted by Gasteiger charge is 2.24. The molecule has 0 amide bonds. The Balaban J connectivity index is 1.51. The number of rotatable bonds is 4. The number of nitrogens with one attached hydrogen (secondary N) is 1. The molecule has 1 N–H and O–H groups in total. The summed E-state index contributed by atoms with van der Waals surface area (Å²) in [6.45, 7) is 2.06. The lowest BCUT2D eigenvalue weighted by molar-refractivity contribution is 0.536. The van der Waals surface area contributed by atoms with E-state index in [1.54, 1.807) is 11.3 Å². The molecule has 1 aromatic heterocycles. The van der Waals surface area contributed by atoms with Crippen LogP contribution >= 0.6 is 27.3 Å². The fourth-order valence-electron chi connectivity index (χ4n) is 2.37. The van der Waals surface area contributed by atoms with Gasteiger partial charge in [-0.2, -0.15) is 0 Å². The lowest BCUT2D eigenvalue weighted by atomic mass is 9.77. The highest BCUT2D eigenvalue weighted by molar-refractivity contribution is 9.11. The molecule has 2 aromatic rings. The normalized spacial score (nSPS) is 17.6. The monoisotopic (exact) mass is 307 g/mol. The molecule has 1 aromatic carbocycles. The third-order valence-corrected chi connectivity index (χ3v) is 4.86. The highest BCUT2D eigenvalue weighted by atomic mass is 79.9. The van der Waals surface area contributed by atoms with E-state index < -0.39 is 0 Å². The molecular weight excluding hydrogens is 294 g/mol. The Morgan fingerprint density at radius 1 is 1.35 bits per heavy atom. The molecule has 0 saturated carbocycles. The molecule has 1 atom stereocenters. The summed E-state index contributed by atoms with van der Waals surface area (Å²) in [5, 5.41) is 5.74. The van der Waals surface area contributed by atoms with Gasteiger partial charge < -0.3 is 5.32 Å². The minimum atomic E-state index is 0.716. The summed E-state index contributed by atoms with van der Waals surface area (Å²) in [6.07, 6.45) is 1.23. The van der Waals surface area contributed by atoms with Crippen molar-refractivity contribution in [1.29, 1.82) is 0 Å².